The van der Waals surface area contributed by atoms with E-state index in [0.29, 0.717) is 5.82 Å². The molecule has 0 aliphatic carbocycles. The van der Waals surface area contributed by atoms with Gasteiger partial charge in [-0.05, 0) is 35.8 Å². The van der Waals surface area contributed by atoms with Crippen molar-refractivity contribution in [2.75, 3.05) is 0 Å². The van der Waals surface area contributed by atoms with Gasteiger partial charge >= 0.3 is 0 Å². The van der Waals surface area contributed by atoms with Gasteiger partial charge in [0.2, 0.25) is 0 Å². The maximum Gasteiger partial charge on any atom is 0.191 e. The van der Waals surface area contributed by atoms with E-state index in [1.807, 2.05) is 6.92 Å². The highest BCUT2D eigenvalue weighted by Crippen LogP contribution is 2.26. The summed E-state index contributed by atoms with van der Waals surface area (Å²) in [6, 6.07) is 2.23. The predicted octanol–water partition coefficient (Wildman–Crippen LogP) is 2.18. The average molecular weight is 302 g/mol. The molecule has 0 aromatic carbocycles. The first kappa shape index (κ1) is 11.7. The first-order valence-corrected chi connectivity index (χ1v) is 6.49. The summed E-state index contributed by atoms with van der Waals surface area (Å²) in [6.45, 7) is 4.92. The van der Waals surface area contributed by atoms with Gasteiger partial charge < -0.3 is 5.32 Å². The van der Waals surface area contributed by atoms with Crippen LogP contribution in [0.2, 0.25) is 0 Å². The van der Waals surface area contributed by atoms with Crippen molar-refractivity contribution in [2.24, 2.45) is 0 Å². The molecule has 2 rings (SSSR count). The van der Waals surface area contributed by atoms with Crippen molar-refractivity contribution in [1.29, 1.82) is 0 Å². The zero-order valence-corrected chi connectivity index (χ0v) is 11.4. The van der Waals surface area contributed by atoms with Crippen molar-refractivity contribution in [1.82, 2.24) is 25.9 Å². The quantitative estimate of drug-likeness (QED) is 0.908. The summed E-state index contributed by atoms with van der Waals surface area (Å²) in [6.07, 6.45) is 0. The summed E-state index contributed by atoms with van der Waals surface area (Å²) in [4.78, 5) is 2.59. The van der Waals surface area contributed by atoms with Gasteiger partial charge in [-0.15, -0.1) is 21.5 Å². The summed E-state index contributed by atoms with van der Waals surface area (Å²) in [7, 11) is 0. The van der Waals surface area contributed by atoms with E-state index in [2.05, 4.69) is 54.9 Å². The van der Waals surface area contributed by atoms with Crippen molar-refractivity contribution in [3.8, 4) is 0 Å². The van der Waals surface area contributed by atoms with Gasteiger partial charge in [0.05, 0.1) is 6.04 Å². The third-order valence-electron chi connectivity index (χ3n) is 2.24. The van der Waals surface area contributed by atoms with Crippen LogP contribution in [0.4, 0.5) is 0 Å². The molecule has 16 heavy (non-hydrogen) atoms. The second-order valence-electron chi connectivity index (χ2n) is 3.49. The molecule has 2 aromatic heterocycles. The largest absolute Gasteiger partial charge is 0.302 e. The van der Waals surface area contributed by atoms with E-state index >= 15 is 0 Å². The van der Waals surface area contributed by atoms with E-state index in [0.717, 1.165) is 6.54 Å². The Labute approximate surface area is 106 Å². The molecule has 0 spiro atoms. The summed E-state index contributed by atoms with van der Waals surface area (Å²) in [5, 5.41) is 17.2. The normalized spacial score (nSPS) is 12.9. The fourth-order valence-corrected chi connectivity index (χ4v) is 2.86. The van der Waals surface area contributed by atoms with Gasteiger partial charge in [-0.25, -0.2) is 0 Å². The third-order valence-corrected chi connectivity index (χ3v) is 4.38. The van der Waals surface area contributed by atoms with E-state index in [4.69, 9.17) is 0 Å². The van der Waals surface area contributed by atoms with Crippen LogP contribution in [0.5, 0.6) is 0 Å². The minimum Gasteiger partial charge on any atom is -0.302 e. The molecule has 0 aliphatic rings. The highest BCUT2D eigenvalue weighted by Gasteiger charge is 2.10. The monoisotopic (exact) mass is 301 g/mol. The van der Waals surface area contributed by atoms with Crippen molar-refractivity contribution < 1.29 is 0 Å². The molecule has 0 fully saturated rings. The Bertz CT molecular complexity index is 433. The van der Waals surface area contributed by atoms with E-state index in [-0.39, 0.29) is 6.04 Å². The van der Waals surface area contributed by atoms with Crippen LogP contribution in [-0.4, -0.2) is 20.6 Å². The number of hydrogen-bond acceptors (Lipinski definition) is 5. The van der Waals surface area contributed by atoms with Crippen LogP contribution in [0.1, 0.15) is 28.5 Å². The molecule has 7 heteroatoms. The fourth-order valence-electron chi connectivity index (χ4n) is 1.30. The van der Waals surface area contributed by atoms with Gasteiger partial charge in [0, 0.05) is 20.8 Å². The van der Waals surface area contributed by atoms with Gasteiger partial charge in [-0.1, -0.05) is 5.21 Å². The number of nitrogens with one attached hydrogen (secondary N) is 2. The lowest BCUT2D eigenvalue weighted by molar-refractivity contribution is 0.550. The fraction of sp³-hybridized carbons (Fsp3) is 0.444. The van der Waals surface area contributed by atoms with E-state index in [1.165, 1.54) is 14.2 Å². The maximum absolute atomic E-state index is 3.94. The Hall–Kier alpha value is -0.790. The predicted molar refractivity (Wildman–Crippen MR) is 66.2 cm³/mol. The Morgan fingerprint density at radius 3 is 3.00 bits per heavy atom. The number of aromatic nitrogens is 4. The molecular formula is C9H12BrN5S. The number of tetrazole rings is 1. The van der Waals surface area contributed by atoms with E-state index < -0.39 is 0 Å². The third kappa shape index (κ3) is 2.66. The Morgan fingerprint density at radius 1 is 1.62 bits per heavy atom. The van der Waals surface area contributed by atoms with Crippen LogP contribution in [0.15, 0.2) is 10.5 Å². The first-order valence-electron chi connectivity index (χ1n) is 4.88. The van der Waals surface area contributed by atoms with Gasteiger partial charge in [-0.2, -0.15) is 5.21 Å². The SMILES string of the molecule is Cc1sc(CNC(C)c2nn[nH]n2)cc1Br. The van der Waals surface area contributed by atoms with Crippen LogP contribution >= 0.6 is 27.3 Å². The molecule has 0 radical (unpaired) electrons. The van der Waals surface area contributed by atoms with E-state index in [1.54, 1.807) is 11.3 Å². The minimum absolute atomic E-state index is 0.0972. The van der Waals surface area contributed by atoms with Gasteiger partial charge in [0.15, 0.2) is 5.82 Å². The Kier molecular flexibility index (Phi) is 3.67. The van der Waals surface area contributed by atoms with Crippen LogP contribution in [0.3, 0.4) is 0 Å². The highest BCUT2D eigenvalue weighted by molar-refractivity contribution is 9.10. The van der Waals surface area contributed by atoms with Gasteiger partial charge in [-0.3, -0.25) is 0 Å². The molecule has 2 N–H and O–H groups in total. The molecule has 0 amide bonds. The number of hydrogen-bond donors (Lipinski definition) is 2. The lowest BCUT2D eigenvalue weighted by Crippen LogP contribution is -2.18. The molecule has 0 saturated carbocycles. The molecular weight excluding hydrogens is 290 g/mol. The highest BCUT2D eigenvalue weighted by atomic mass is 79.9. The molecule has 1 unspecified atom stereocenters. The average Bonchev–Trinajstić information content (AvgIpc) is 2.86. The minimum atomic E-state index is 0.0972. The van der Waals surface area contributed by atoms with E-state index in [9.17, 15) is 0 Å². The van der Waals surface area contributed by atoms with Crippen molar-refractivity contribution in [2.45, 2.75) is 26.4 Å². The Balaban J connectivity index is 1.92. The molecule has 0 saturated heterocycles. The van der Waals surface area contributed by atoms with Crippen molar-refractivity contribution in [3.05, 3.63) is 26.1 Å². The zero-order chi connectivity index (χ0) is 11.5. The topological polar surface area (TPSA) is 66.5 Å². The summed E-state index contributed by atoms with van der Waals surface area (Å²) in [5.41, 5.74) is 0. The molecule has 5 nitrogen and oxygen atoms in total. The molecule has 2 aromatic rings. The lowest BCUT2D eigenvalue weighted by atomic mass is 10.3. The van der Waals surface area contributed by atoms with Crippen molar-refractivity contribution in [3.63, 3.8) is 0 Å². The molecule has 1 atom stereocenters. The number of nitrogens with zero attached hydrogens (tertiary/aromatic N) is 3. The molecule has 0 aliphatic heterocycles. The molecule has 2 heterocycles. The van der Waals surface area contributed by atoms with Crippen LogP contribution < -0.4 is 5.32 Å². The molecule has 0 bridgehead atoms. The number of rotatable bonds is 4. The summed E-state index contributed by atoms with van der Waals surface area (Å²) >= 11 is 5.28. The standard InChI is InChI=1S/C9H12BrN5S/c1-5(9-12-14-15-13-9)11-4-7-3-8(10)6(2)16-7/h3,5,11H,4H2,1-2H3,(H,12,13,14,15). The van der Waals surface area contributed by atoms with Crippen LogP contribution in [-0.2, 0) is 6.54 Å². The number of thiophene rings is 1. The second kappa shape index (κ2) is 5.03. The lowest BCUT2D eigenvalue weighted by Gasteiger charge is -2.07. The number of aryl methyl sites for hydroxylation is 1. The second-order valence-corrected chi connectivity index (χ2v) is 5.68. The number of aromatic amines is 1. The molecule has 86 valence electrons. The number of H-pyrrole nitrogens is 1. The summed E-state index contributed by atoms with van der Waals surface area (Å²) in [5.74, 6) is 0.687. The maximum atomic E-state index is 3.94. The number of halogens is 1. The van der Waals surface area contributed by atoms with Crippen LogP contribution in [0, 0.1) is 6.92 Å². The first-order chi connectivity index (χ1) is 7.66. The smallest absolute Gasteiger partial charge is 0.191 e. The van der Waals surface area contributed by atoms with Crippen molar-refractivity contribution >= 4 is 27.3 Å². The summed E-state index contributed by atoms with van der Waals surface area (Å²) < 4.78 is 1.17. The van der Waals surface area contributed by atoms with Gasteiger partial charge in [0.25, 0.3) is 0 Å². The Morgan fingerprint density at radius 2 is 2.44 bits per heavy atom. The zero-order valence-electron chi connectivity index (χ0n) is 8.99. The van der Waals surface area contributed by atoms with Gasteiger partial charge in [0.1, 0.15) is 0 Å². The van der Waals surface area contributed by atoms with Crippen LogP contribution in [0.25, 0.3) is 0 Å².